The second kappa shape index (κ2) is 5.33. The maximum atomic E-state index is 5.44. The largest absolute Gasteiger partial charge is 0.370 e. The molecule has 3 rings (SSSR count). The summed E-state index contributed by atoms with van der Waals surface area (Å²) in [4.78, 5) is 10.2. The Morgan fingerprint density at radius 3 is 2.89 bits per heavy atom. The molecular weight excluding hydrogens is 256 g/mol. The number of nitrogens with zero attached hydrogens (tertiary/aromatic N) is 2. The van der Waals surface area contributed by atoms with Gasteiger partial charge in [0.1, 0.15) is 0 Å². The number of nitrogens with two attached hydrogens (primary N) is 2. The molecule has 1 aromatic rings. The summed E-state index contributed by atoms with van der Waals surface area (Å²) >= 11 is 1.65. The third-order valence-corrected chi connectivity index (χ3v) is 4.97. The quantitative estimate of drug-likeness (QED) is 0.495. The number of aromatic nitrogens is 1. The fraction of sp³-hybridized carbons (Fsp3) is 0.571. The zero-order chi connectivity index (χ0) is 13.2. The van der Waals surface area contributed by atoms with Crippen molar-refractivity contribution >= 4 is 22.4 Å². The molecule has 1 atom stereocenters. The summed E-state index contributed by atoms with van der Waals surface area (Å²) in [6.07, 6.45) is 11.1. The number of fused-ring (bicyclic) bond motifs is 1. The van der Waals surface area contributed by atoms with Crippen LogP contribution in [0.5, 0.6) is 0 Å². The summed E-state index contributed by atoms with van der Waals surface area (Å²) in [6.45, 7) is 0. The zero-order valence-corrected chi connectivity index (χ0v) is 11.9. The minimum atomic E-state index is 0.0968. The monoisotopic (exact) mass is 276 g/mol. The molecule has 19 heavy (non-hydrogen) atoms. The Hall–Kier alpha value is -1.36. The van der Waals surface area contributed by atoms with Crippen molar-refractivity contribution < 1.29 is 0 Å². The molecule has 1 aromatic heterocycles. The minimum Gasteiger partial charge on any atom is -0.370 e. The SMILES string of the molecule is NC(N)=Nc1nc2c(s1)CCC[C@H]2C1=CCCCC1. The Bertz CT molecular complexity index is 526. The van der Waals surface area contributed by atoms with Gasteiger partial charge in [-0.25, -0.2) is 4.98 Å². The van der Waals surface area contributed by atoms with Gasteiger partial charge in [0.05, 0.1) is 5.69 Å². The lowest BCUT2D eigenvalue weighted by Gasteiger charge is -2.26. The van der Waals surface area contributed by atoms with Crippen LogP contribution in [0.4, 0.5) is 5.13 Å². The van der Waals surface area contributed by atoms with Gasteiger partial charge >= 0.3 is 0 Å². The zero-order valence-electron chi connectivity index (χ0n) is 11.1. The Kier molecular flexibility index (Phi) is 3.55. The molecule has 102 valence electrons. The van der Waals surface area contributed by atoms with Gasteiger partial charge in [0.2, 0.25) is 5.13 Å². The molecule has 2 aliphatic rings. The molecule has 4 N–H and O–H groups in total. The topological polar surface area (TPSA) is 77.3 Å². The normalized spacial score (nSPS) is 22.5. The molecule has 0 amide bonds. The number of rotatable bonds is 2. The number of hydrogen-bond donors (Lipinski definition) is 2. The Balaban J connectivity index is 1.93. The van der Waals surface area contributed by atoms with E-state index in [1.54, 1.807) is 16.9 Å². The number of aryl methyl sites for hydroxylation is 1. The van der Waals surface area contributed by atoms with Crippen molar-refractivity contribution in [2.75, 3.05) is 0 Å². The highest BCUT2D eigenvalue weighted by atomic mass is 32.1. The van der Waals surface area contributed by atoms with Crippen LogP contribution < -0.4 is 11.5 Å². The number of guanidine groups is 1. The summed E-state index contributed by atoms with van der Waals surface area (Å²) in [5.74, 6) is 0.614. The van der Waals surface area contributed by atoms with E-state index in [0.29, 0.717) is 11.0 Å². The molecule has 0 unspecified atom stereocenters. The molecule has 0 aromatic carbocycles. The summed E-state index contributed by atoms with van der Waals surface area (Å²) in [7, 11) is 0. The molecule has 0 spiro atoms. The van der Waals surface area contributed by atoms with Gasteiger partial charge in [-0.15, -0.1) is 0 Å². The van der Waals surface area contributed by atoms with Gasteiger partial charge < -0.3 is 11.5 Å². The summed E-state index contributed by atoms with van der Waals surface area (Å²) in [6, 6.07) is 0. The first-order valence-electron chi connectivity index (χ1n) is 7.02. The fourth-order valence-corrected chi connectivity index (χ4v) is 4.16. The molecule has 1 heterocycles. The lowest BCUT2D eigenvalue weighted by molar-refractivity contribution is 0.558. The van der Waals surface area contributed by atoms with E-state index in [0.717, 1.165) is 6.42 Å². The molecule has 0 radical (unpaired) electrons. The number of aliphatic imine (C=N–C) groups is 1. The summed E-state index contributed by atoms with van der Waals surface area (Å²) in [5, 5.41) is 0.716. The lowest BCUT2D eigenvalue weighted by Crippen LogP contribution is -2.21. The first-order valence-corrected chi connectivity index (χ1v) is 7.84. The van der Waals surface area contributed by atoms with Gasteiger partial charge in [-0.3, -0.25) is 0 Å². The molecule has 0 fully saturated rings. The number of allylic oxidation sites excluding steroid dienone is 2. The third-order valence-electron chi connectivity index (χ3n) is 3.94. The fourth-order valence-electron chi connectivity index (χ4n) is 3.10. The lowest BCUT2D eigenvalue weighted by atomic mass is 9.80. The van der Waals surface area contributed by atoms with E-state index >= 15 is 0 Å². The van der Waals surface area contributed by atoms with Crippen LogP contribution in [-0.4, -0.2) is 10.9 Å². The maximum absolute atomic E-state index is 5.44. The second-order valence-corrected chi connectivity index (χ2v) is 6.37. The van der Waals surface area contributed by atoms with Crippen LogP contribution in [0.15, 0.2) is 16.6 Å². The number of hydrogen-bond acceptors (Lipinski definition) is 3. The van der Waals surface area contributed by atoms with Crippen LogP contribution >= 0.6 is 11.3 Å². The van der Waals surface area contributed by atoms with E-state index in [1.165, 1.54) is 49.1 Å². The Morgan fingerprint density at radius 1 is 1.26 bits per heavy atom. The first kappa shape index (κ1) is 12.7. The first-order chi connectivity index (χ1) is 9.24. The molecule has 0 aliphatic heterocycles. The van der Waals surface area contributed by atoms with Crippen molar-refractivity contribution in [2.45, 2.75) is 50.9 Å². The Morgan fingerprint density at radius 2 is 2.16 bits per heavy atom. The van der Waals surface area contributed by atoms with Crippen molar-refractivity contribution in [2.24, 2.45) is 16.5 Å². The van der Waals surface area contributed by atoms with Gasteiger partial charge in [-0.05, 0) is 44.9 Å². The molecule has 2 aliphatic carbocycles. The standard InChI is InChI=1S/C14H20N4S/c15-13(16)18-14-17-12-10(7-4-8-11(12)19-14)9-5-2-1-3-6-9/h5,10H,1-4,6-8H2,(H4,15,16,17,18)/t10-/m0/s1. The van der Waals surface area contributed by atoms with Gasteiger partial charge in [0.25, 0.3) is 0 Å². The van der Waals surface area contributed by atoms with Crippen molar-refractivity contribution in [1.29, 1.82) is 0 Å². The van der Waals surface area contributed by atoms with Gasteiger partial charge in [-0.1, -0.05) is 23.0 Å². The van der Waals surface area contributed by atoms with Crippen molar-refractivity contribution in [3.05, 3.63) is 22.2 Å². The average Bonchev–Trinajstić information content (AvgIpc) is 2.80. The van der Waals surface area contributed by atoms with Crippen molar-refractivity contribution in [1.82, 2.24) is 4.98 Å². The second-order valence-electron chi connectivity index (χ2n) is 5.31. The van der Waals surface area contributed by atoms with Gasteiger partial charge in [0, 0.05) is 10.8 Å². The molecule has 0 saturated carbocycles. The molecular formula is C14H20N4S. The van der Waals surface area contributed by atoms with E-state index in [-0.39, 0.29) is 5.96 Å². The van der Waals surface area contributed by atoms with E-state index < -0.39 is 0 Å². The predicted molar refractivity (Wildman–Crippen MR) is 79.8 cm³/mol. The molecule has 4 nitrogen and oxygen atoms in total. The van der Waals surface area contributed by atoms with Gasteiger partial charge in [-0.2, -0.15) is 4.99 Å². The summed E-state index contributed by atoms with van der Waals surface area (Å²) in [5.41, 5.74) is 13.7. The van der Waals surface area contributed by atoms with Crippen molar-refractivity contribution in [3.63, 3.8) is 0 Å². The third kappa shape index (κ3) is 2.66. The van der Waals surface area contributed by atoms with E-state index in [2.05, 4.69) is 16.1 Å². The van der Waals surface area contributed by atoms with Gasteiger partial charge in [0.15, 0.2) is 5.96 Å². The average molecular weight is 276 g/mol. The van der Waals surface area contributed by atoms with Crippen molar-refractivity contribution in [3.8, 4) is 0 Å². The molecule has 0 saturated heterocycles. The van der Waals surface area contributed by atoms with Crippen LogP contribution in [0.3, 0.4) is 0 Å². The van der Waals surface area contributed by atoms with Crippen LogP contribution in [-0.2, 0) is 6.42 Å². The molecule has 5 heteroatoms. The van der Waals surface area contributed by atoms with Crippen LogP contribution in [0.25, 0.3) is 0 Å². The van der Waals surface area contributed by atoms with E-state index in [1.807, 2.05) is 0 Å². The van der Waals surface area contributed by atoms with Crippen LogP contribution in [0.1, 0.15) is 55.0 Å². The van der Waals surface area contributed by atoms with Crippen LogP contribution in [0, 0.1) is 0 Å². The highest BCUT2D eigenvalue weighted by molar-refractivity contribution is 7.15. The summed E-state index contributed by atoms with van der Waals surface area (Å²) < 4.78 is 0. The smallest absolute Gasteiger partial charge is 0.212 e. The minimum absolute atomic E-state index is 0.0968. The van der Waals surface area contributed by atoms with Crippen LogP contribution in [0.2, 0.25) is 0 Å². The highest BCUT2D eigenvalue weighted by Gasteiger charge is 2.27. The molecule has 0 bridgehead atoms. The Labute approximate surface area is 117 Å². The maximum Gasteiger partial charge on any atom is 0.212 e. The van der Waals surface area contributed by atoms with E-state index in [4.69, 9.17) is 11.5 Å². The predicted octanol–water partition coefficient (Wildman–Crippen LogP) is 2.97. The highest BCUT2D eigenvalue weighted by Crippen LogP contribution is 2.43. The van der Waals surface area contributed by atoms with E-state index in [9.17, 15) is 0 Å². The number of thiazole rings is 1.